The summed E-state index contributed by atoms with van der Waals surface area (Å²) in [6.45, 7) is 3.76. The molecule has 1 amide bonds. The zero-order valence-corrected chi connectivity index (χ0v) is 14.1. The van der Waals surface area contributed by atoms with E-state index in [0.717, 1.165) is 38.2 Å². The van der Waals surface area contributed by atoms with Gasteiger partial charge in [0.15, 0.2) is 5.76 Å². The van der Waals surface area contributed by atoms with E-state index in [9.17, 15) is 4.79 Å². The molecule has 8 heteroatoms. The van der Waals surface area contributed by atoms with Crippen molar-refractivity contribution in [2.75, 3.05) is 26.2 Å². The van der Waals surface area contributed by atoms with Crippen LogP contribution in [0.1, 0.15) is 17.1 Å². The Bertz CT molecular complexity index is 665. The van der Waals surface area contributed by atoms with E-state index in [0.29, 0.717) is 11.8 Å². The molecule has 23 heavy (non-hydrogen) atoms. The number of oxazole rings is 1. The van der Waals surface area contributed by atoms with E-state index in [1.54, 1.807) is 18.6 Å². The summed E-state index contributed by atoms with van der Waals surface area (Å²) in [4.78, 5) is 25.1. The van der Waals surface area contributed by atoms with Crippen LogP contribution in [0.3, 0.4) is 0 Å². The Balaban J connectivity index is 0.000000960. The molecular weight excluding hydrogens is 339 g/mol. The van der Waals surface area contributed by atoms with Crippen LogP contribution in [0.2, 0.25) is 0 Å². The lowest BCUT2D eigenvalue weighted by molar-refractivity contribution is 0.0570. The van der Waals surface area contributed by atoms with E-state index in [4.69, 9.17) is 4.42 Å². The molecule has 124 valence electrons. The van der Waals surface area contributed by atoms with E-state index < -0.39 is 0 Å². The first-order chi connectivity index (χ1) is 10.3. The molecule has 0 saturated carbocycles. The molecule has 0 aromatic carbocycles. The highest BCUT2D eigenvalue weighted by atomic mass is 35.5. The van der Waals surface area contributed by atoms with Gasteiger partial charge in [-0.1, -0.05) is 0 Å². The molecule has 2 aliphatic heterocycles. The molecule has 2 saturated heterocycles. The largest absolute Gasteiger partial charge is 0.432 e. The van der Waals surface area contributed by atoms with Crippen LogP contribution in [0.15, 0.2) is 35.1 Å². The maximum Gasteiger partial charge on any atom is 0.310 e. The summed E-state index contributed by atoms with van der Waals surface area (Å²) in [6.07, 6.45) is 6.03. The van der Waals surface area contributed by atoms with Crippen LogP contribution in [-0.4, -0.2) is 57.9 Å². The van der Waals surface area contributed by atoms with Gasteiger partial charge in [-0.05, 0) is 18.6 Å². The van der Waals surface area contributed by atoms with E-state index in [2.05, 4.69) is 14.9 Å². The fourth-order valence-corrected chi connectivity index (χ4v) is 3.11. The average molecular weight is 357 g/mol. The SMILES string of the molecule is Cl.Cl.O=C(c1ncc(-c2cccnc2)o1)N1CCN2CC[C@@H]1C2. The topological polar surface area (TPSA) is 62.5 Å². The van der Waals surface area contributed by atoms with Crippen molar-refractivity contribution in [2.45, 2.75) is 12.5 Å². The van der Waals surface area contributed by atoms with Crippen molar-refractivity contribution in [3.05, 3.63) is 36.6 Å². The second-order valence-corrected chi connectivity index (χ2v) is 5.51. The third kappa shape index (κ3) is 3.34. The number of pyridine rings is 1. The van der Waals surface area contributed by atoms with Gasteiger partial charge in [0.25, 0.3) is 5.89 Å². The summed E-state index contributed by atoms with van der Waals surface area (Å²) in [5, 5.41) is 0. The molecule has 1 unspecified atom stereocenters. The number of nitrogens with zero attached hydrogens (tertiary/aromatic N) is 4. The number of carbonyl (C=O) groups is 1. The van der Waals surface area contributed by atoms with Crippen molar-refractivity contribution < 1.29 is 9.21 Å². The number of aromatic nitrogens is 2. The van der Waals surface area contributed by atoms with Crippen molar-refractivity contribution in [3.8, 4) is 11.3 Å². The highest BCUT2D eigenvalue weighted by Crippen LogP contribution is 2.24. The first-order valence-electron chi connectivity index (χ1n) is 7.21. The molecule has 0 aliphatic carbocycles. The number of halogens is 2. The second-order valence-electron chi connectivity index (χ2n) is 5.51. The van der Waals surface area contributed by atoms with Gasteiger partial charge in [0.2, 0.25) is 0 Å². The summed E-state index contributed by atoms with van der Waals surface area (Å²) in [6, 6.07) is 4.02. The average Bonchev–Trinajstić information content (AvgIpc) is 3.15. The highest BCUT2D eigenvalue weighted by Gasteiger charge is 2.36. The molecule has 0 spiro atoms. The minimum Gasteiger partial charge on any atom is -0.432 e. The quantitative estimate of drug-likeness (QED) is 0.824. The molecule has 2 atom stereocenters. The molecular formula is C15H18Cl2N4O2. The number of rotatable bonds is 2. The van der Waals surface area contributed by atoms with E-state index in [1.165, 1.54) is 0 Å². The monoisotopic (exact) mass is 356 g/mol. The smallest absolute Gasteiger partial charge is 0.310 e. The van der Waals surface area contributed by atoms with Crippen molar-refractivity contribution in [3.63, 3.8) is 0 Å². The van der Waals surface area contributed by atoms with Crippen molar-refractivity contribution in [1.29, 1.82) is 0 Å². The third-order valence-corrected chi connectivity index (χ3v) is 4.24. The van der Waals surface area contributed by atoms with Crippen molar-refractivity contribution in [1.82, 2.24) is 19.8 Å². The maximum atomic E-state index is 12.6. The first-order valence-corrected chi connectivity index (χ1v) is 7.21. The number of carbonyl (C=O) groups excluding carboxylic acids is 1. The molecule has 4 rings (SSSR count). The predicted octanol–water partition coefficient (Wildman–Crippen LogP) is 2.11. The normalized spacial score (nSPS) is 22.2. The summed E-state index contributed by atoms with van der Waals surface area (Å²) < 4.78 is 5.64. The number of fused-ring (bicyclic) bond motifs is 2. The molecule has 0 N–H and O–H groups in total. The Kier molecular flexibility index (Phi) is 5.62. The summed E-state index contributed by atoms with van der Waals surface area (Å²) in [5.41, 5.74) is 0.828. The molecule has 2 bridgehead atoms. The standard InChI is InChI=1S/C15H16N4O2.2ClH/c20-15(19-7-6-18-5-3-12(19)10-18)14-17-9-13(21-14)11-2-1-4-16-8-11;;/h1-2,4,8-9,12H,3,5-7,10H2;2*1H/t12-;;/m1../s1. The van der Waals surface area contributed by atoms with E-state index in [-0.39, 0.29) is 36.6 Å². The predicted molar refractivity (Wildman–Crippen MR) is 90.1 cm³/mol. The zero-order chi connectivity index (χ0) is 14.2. The van der Waals surface area contributed by atoms with Crippen LogP contribution in [0.25, 0.3) is 11.3 Å². The van der Waals surface area contributed by atoms with Crippen molar-refractivity contribution in [2.24, 2.45) is 0 Å². The van der Waals surface area contributed by atoms with Gasteiger partial charge in [-0.3, -0.25) is 14.7 Å². The lowest BCUT2D eigenvalue weighted by Gasteiger charge is -2.33. The molecule has 2 aliphatic rings. The zero-order valence-electron chi connectivity index (χ0n) is 12.4. The van der Waals surface area contributed by atoms with Gasteiger partial charge in [0.1, 0.15) is 0 Å². The maximum absolute atomic E-state index is 12.6. The Hall–Kier alpha value is -1.63. The van der Waals surface area contributed by atoms with E-state index in [1.807, 2.05) is 17.0 Å². The number of amides is 1. The fourth-order valence-electron chi connectivity index (χ4n) is 3.11. The van der Waals surface area contributed by atoms with E-state index >= 15 is 0 Å². The van der Waals surface area contributed by atoms with Crippen LogP contribution < -0.4 is 0 Å². The third-order valence-electron chi connectivity index (χ3n) is 4.24. The Labute approximate surface area is 146 Å². The van der Waals surface area contributed by atoms with Crippen LogP contribution in [0, 0.1) is 0 Å². The molecule has 2 fully saturated rings. The van der Waals surface area contributed by atoms with Gasteiger partial charge >= 0.3 is 5.91 Å². The Morgan fingerprint density at radius 2 is 2.09 bits per heavy atom. The van der Waals surface area contributed by atoms with Gasteiger partial charge < -0.3 is 9.32 Å². The van der Waals surface area contributed by atoms with Crippen molar-refractivity contribution >= 4 is 30.7 Å². The van der Waals surface area contributed by atoms with Gasteiger partial charge in [-0.15, -0.1) is 24.8 Å². The lowest BCUT2D eigenvalue weighted by Crippen LogP contribution is -2.49. The molecule has 4 heterocycles. The fraction of sp³-hybridized carbons (Fsp3) is 0.400. The molecule has 2 aromatic rings. The minimum absolute atomic E-state index is 0. The number of hydrogen-bond acceptors (Lipinski definition) is 5. The summed E-state index contributed by atoms with van der Waals surface area (Å²) in [5.74, 6) is 0.655. The van der Waals surface area contributed by atoms with Crippen LogP contribution in [0.5, 0.6) is 0 Å². The Morgan fingerprint density at radius 1 is 1.22 bits per heavy atom. The Morgan fingerprint density at radius 3 is 2.87 bits per heavy atom. The van der Waals surface area contributed by atoms with Crippen LogP contribution >= 0.6 is 24.8 Å². The number of piperazine rings is 1. The molecule has 0 radical (unpaired) electrons. The number of hydrogen-bond donors (Lipinski definition) is 0. The highest BCUT2D eigenvalue weighted by molar-refractivity contribution is 5.90. The second kappa shape index (κ2) is 7.29. The van der Waals surface area contributed by atoms with Crippen LogP contribution in [0.4, 0.5) is 0 Å². The van der Waals surface area contributed by atoms with Gasteiger partial charge in [-0.25, -0.2) is 4.98 Å². The summed E-state index contributed by atoms with van der Waals surface area (Å²) >= 11 is 0. The summed E-state index contributed by atoms with van der Waals surface area (Å²) in [7, 11) is 0. The molecule has 2 aromatic heterocycles. The molecule has 6 nitrogen and oxygen atoms in total. The minimum atomic E-state index is -0.100. The lowest BCUT2D eigenvalue weighted by atomic mass is 10.2. The van der Waals surface area contributed by atoms with Gasteiger partial charge in [-0.2, -0.15) is 0 Å². The van der Waals surface area contributed by atoms with Gasteiger partial charge in [0, 0.05) is 50.2 Å². The van der Waals surface area contributed by atoms with Crippen LogP contribution in [-0.2, 0) is 0 Å². The first kappa shape index (κ1) is 17.7. The van der Waals surface area contributed by atoms with Gasteiger partial charge in [0.05, 0.1) is 6.20 Å².